The third-order valence-corrected chi connectivity index (χ3v) is 5.41. The summed E-state index contributed by atoms with van der Waals surface area (Å²) in [6, 6.07) is 9.30. The largest absolute Gasteiger partial charge is 0.342 e. The fraction of sp³-hybridized carbons (Fsp3) is 0.381. The highest BCUT2D eigenvalue weighted by atomic mass is 16.2. The highest BCUT2D eigenvalue weighted by Crippen LogP contribution is 2.28. The molecule has 0 bridgehead atoms. The second-order valence-electron chi connectivity index (χ2n) is 7.22. The van der Waals surface area contributed by atoms with Gasteiger partial charge in [0.1, 0.15) is 5.82 Å². The molecule has 1 aromatic carbocycles. The molecule has 3 heterocycles. The standard InChI is InChI=1S/C21H24N4O2/c1-3-24-11-9-15(12-18(24)26)21(27)25-10-5-7-16(13-25)20-22-17-8-4-6-14(2)19(17)23-20/h4,6,8-9,11-12,16H,3,5,7,10,13H2,1-2H3,(H,22,23)/t16-/m0/s1. The van der Waals surface area contributed by atoms with Gasteiger partial charge in [-0.15, -0.1) is 0 Å². The highest BCUT2D eigenvalue weighted by Gasteiger charge is 2.27. The number of fused-ring (bicyclic) bond motifs is 1. The summed E-state index contributed by atoms with van der Waals surface area (Å²) in [5.41, 5.74) is 3.52. The summed E-state index contributed by atoms with van der Waals surface area (Å²) < 4.78 is 1.59. The van der Waals surface area contributed by atoms with Crippen molar-refractivity contribution in [3.63, 3.8) is 0 Å². The van der Waals surface area contributed by atoms with Crippen LogP contribution in [0.5, 0.6) is 0 Å². The zero-order valence-electron chi connectivity index (χ0n) is 15.7. The molecule has 0 spiro atoms. The van der Waals surface area contributed by atoms with Crippen LogP contribution < -0.4 is 5.56 Å². The number of benzene rings is 1. The lowest BCUT2D eigenvalue weighted by Crippen LogP contribution is -2.39. The molecule has 4 rings (SSSR count). The molecule has 27 heavy (non-hydrogen) atoms. The Labute approximate surface area is 157 Å². The quantitative estimate of drug-likeness (QED) is 0.776. The Morgan fingerprint density at radius 2 is 2.19 bits per heavy atom. The van der Waals surface area contributed by atoms with Crippen LogP contribution in [-0.4, -0.2) is 38.4 Å². The highest BCUT2D eigenvalue weighted by molar-refractivity contribution is 5.94. The summed E-state index contributed by atoms with van der Waals surface area (Å²) in [5.74, 6) is 1.05. The van der Waals surface area contributed by atoms with Crippen molar-refractivity contribution in [2.75, 3.05) is 13.1 Å². The Morgan fingerprint density at radius 1 is 1.33 bits per heavy atom. The lowest BCUT2D eigenvalue weighted by molar-refractivity contribution is 0.0704. The van der Waals surface area contributed by atoms with Gasteiger partial charge in [-0.1, -0.05) is 12.1 Å². The smallest absolute Gasteiger partial charge is 0.254 e. The van der Waals surface area contributed by atoms with Gasteiger partial charge in [-0.25, -0.2) is 4.98 Å². The van der Waals surface area contributed by atoms with Crippen molar-refractivity contribution >= 4 is 16.9 Å². The number of imidazole rings is 1. The zero-order chi connectivity index (χ0) is 19.0. The van der Waals surface area contributed by atoms with E-state index in [1.165, 1.54) is 6.07 Å². The first-order chi connectivity index (χ1) is 13.1. The second kappa shape index (κ2) is 7.02. The molecule has 1 N–H and O–H groups in total. The number of likely N-dealkylation sites (tertiary alicyclic amines) is 1. The van der Waals surface area contributed by atoms with E-state index in [-0.39, 0.29) is 17.4 Å². The van der Waals surface area contributed by atoms with Crippen LogP contribution in [0.4, 0.5) is 0 Å². The monoisotopic (exact) mass is 364 g/mol. The molecule has 6 heteroatoms. The molecular formula is C21H24N4O2. The van der Waals surface area contributed by atoms with Gasteiger partial charge in [0.25, 0.3) is 11.5 Å². The van der Waals surface area contributed by atoms with E-state index in [0.29, 0.717) is 25.2 Å². The number of hydrogen-bond acceptors (Lipinski definition) is 3. The van der Waals surface area contributed by atoms with Gasteiger partial charge >= 0.3 is 0 Å². The molecule has 2 aromatic heterocycles. The topological polar surface area (TPSA) is 71.0 Å². The van der Waals surface area contributed by atoms with Gasteiger partial charge < -0.3 is 14.5 Å². The van der Waals surface area contributed by atoms with E-state index in [9.17, 15) is 9.59 Å². The van der Waals surface area contributed by atoms with Crippen molar-refractivity contribution in [1.82, 2.24) is 19.4 Å². The maximum Gasteiger partial charge on any atom is 0.254 e. The van der Waals surface area contributed by atoms with E-state index >= 15 is 0 Å². The van der Waals surface area contributed by atoms with Gasteiger partial charge in [-0.3, -0.25) is 9.59 Å². The molecule has 0 aliphatic carbocycles. The summed E-state index contributed by atoms with van der Waals surface area (Å²) >= 11 is 0. The second-order valence-corrected chi connectivity index (χ2v) is 7.22. The molecule has 1 atom stereocenters. The van der Waals surface area contributed by atoms with Crippen molar-refractivity contribution < 1.29 is 4.79 Å². The predicted octanol–water partition coefficient (Wildman–Crippen LogP) is 3.07. The van der Waals surface area contributed by atoms with Crippen molar-refractivity contribution in [2.45, 2.75) is 39.2 Å². The number of piperidine rings is 1. The first kappa shape index (κ1) is 17.5. The number of nitrogens with zero attached hydrogens (tertiary/aromatic N) is 3. The molecule has 140 valence electrons. The molecule has 0 radical (unpaired) electrons. The Bertz CT molecular complexity index is 1050. The van der Waals surface area contributed by atoms with Gasteiger partial charge in [0.05, 0.1) is 11.0 Å². The minimum atomic E-state index is -0.135. The van der Waals surface area contributed by atoms with Gasteiger partial charge in [-0.05, 0) is 44.4 Å². The normalized spacial score (nSPS) is 17.4. The summed E-state index contributed by atoms with van der Waals surface area (Å²) in [4.78, 5) is 35.0. The molecule has 1 aliphatic rings. The summed E-state index contributed by atoms with van der Waals surface area (Å²) in [5, 5.41) is 0. The number of amides is 1. The Balaban J connectivity index is 1.56. The molecule has 1 saturated heterocycles. The van der Waals surface area contributed by atoms with E-state index < -0.39 is 0 Å². The average molecular weight is 364 g/mol. The number of aromatic nitrogens is 3. The van der Waals surface area contributed by atoms with Gasteiger partial charge in [0, 0.05) is 43.4 Å². The number of nitrogens with one attached hydrogen (secondary N) is 1. The Kier molecular flexibility index (Phi) is 4.56. The number of H-pyrrole nitrogens is 1. The minimum absolute atomic E-state index is 0.0765. The van der Waals surface area contributed by atoms with Gasteiger partial charge in [-0.2, -0.15) is 0 Å². The number of hydrogen-bond donors (Lipinski definition) is 1. The van der Waals surface area contributed by atoms with Crippen LogP contribution in [0.2, 0.25) is 0 Å². The molecule has 1 amide bonds. The molecular weight excluding hydrogens is 340 g/mol. The number of aromatic amines is 1. The van der Waals surface area contributed by atoms with Crippen LogP contribution in [0, 0.1) is 6.92 Å². The van der Waals surface area contributed by atoms with Crippen LogP contribution >= 0.6 is 0 Å². The lowest BCUT2D eigenvalue weighted by Gasteiger charge is -2.32. The fourth-order valence-electron chi connectivity index (χ4n) is 3.86. The Morgan fingerprint density at radius 3 is 2.93 bits per heavy atom. The SMILES string of the molecule is CCn1ccc(C(=O)N2CCC[C@H](c3nc4c(C)cccc4[nH]3)C2)cc1=O. The number of para-hydroxylation sites is 1. The molecule has 0 unspecified atom stereocenters. The summed E-state index contributed by atoms with van der Waals surface area (Å²) in [6.45, 7) is 5.90. The van der Waals surface area contributed by atoms with Crippen molar-refractivity contribution in [3.05, 3.63) is 63.8 Å². The van der Waals surface area contributed by atoms with E-state index in [1.54, 1.807) is 16.8 Å². The number of carbonyl (C=O) groups excluding carboxylic acids is 1. The van der Waals surface area contributed by atoms with Crippen molar-refractivity contribution in [2.24, 2.45) is 0 Å². The van der Waals surface area contributed by atoms with E-state index in [4.69, 9.17) is 4.98 Å². The van der Waals surface area contributed by atoms with Crippen LogP contribution in [0.1, 0.15) is 47.4 Å². The molecule has 1 fully saturated rings. The van der Waals surface area contributed by atoms with Crippen LogP contribution in [0.25, 0.3) is 11.0 Å². The number of carbonyl (C=O) groups is 1. The van der Waals surface area contributed by atoms with Gasteiger partial charge in [0.2, 0.25) is 0 Å². The third kappa shape index (κ3) is 3.27. The Hall–Kier alpha value is -2.89. The number of aryl methyl sites for hydroxylation is 2. The predicted molar refractivity (Wildman–Crippen MR) is 105 cm³/mol. The van der Waals surface area contributed by atoms with Crippen molar-refractivity contribution in [3.8, 4) is 0 Å². The molecule has 6 nitrogen and oxygen atoms in total. The number of rotatable bonds is 3. The number of pyridine rings is 1. The van der Waals surface area contributed by atoms with E-state index in [0.717, 1.165) is 35.3 Å². The maximum absolute atomic E-state index is 12.9. The van der Waals surface area contributed by atoms with Crippen LogP contribution in [-0.2, 0) is 6.54 Å². The first-order valence-corrected chi connectivity index (χ1v) is 9.52. The molecule has 0 saturated carbocycles. The molecule has 3 aromatic rings. The summed E-state index contributed by atoms with van der Waals surface area (Å²) in [7, 11) is 0. The lowest BCUT2D eigenvalue weighted by atomic mass is 9.97. The first-order valence-electron chi connectivity index (χ1n) is 9.52. The molecule has 1 aliphatic heterocycles. The van der Waals surface area contributed by atoms with Gasteiger partial charge in [0.15, 0.2) is 0 Å². The zero-order valence-corrected chi connectivity index (χ0v) is 15.7. The van der Waals surface area contributed by atoms with Crippen LogP contribution in [0.3, 0.4) is 0 Å². The average Bonchev–Trinajstić information content (AvgIpc) is 3.13. The third-order valence-electron chi connectivity index (χ3n) is 5.41. The minimum Gasteiger partial charge on any atom is -0.342 e. The van der Waals surface area contributed by atoms with Crippen molar-refractivity contribution in [1.29, 1.82) is 0 Å². The van der Waals surface area contributed by atoms with E-state index in [1.807, 2.05) is 24.0 Å². The summed E-state index contributed by atoms with van der Waals surface area (Å²) in [6.07, 6.45) is 3.62. The maximum atomic E-state index is 12.9. The van der Waals surface area contributed by atoms with Crippen LogP contribution in [0.15, 0.2) is 41.3 Å². The fourth-order valence-corrected chi connectivity index (χ4v) is 3.86. The van der Waals surface area contributed by atoms with E-state index in [2.05, 4.69) is 18.0 Å².